The van der Waals surface area contributed by atoms with Crippen LogP contribution in [0, 0.1) is 0 Å². The van der Waals surface area contributed by atoms with Crippen molar-refractivity contribution in [3.05, 3.63) is 40.0 Å². The van der Waals surface area contributed by atoms with Gasteiger partial charge in [0.2, 0.25) is 0 Å². The third-order valence-electron chi connectivity index (χ3n) is 3.09. The number of thiophene rings is 1. The van der Waals surface area contributed by atoms with Gasteiger partial charge in [0.25, 0.3) is 0 Å². The quantitative estimate of drug-likeness (QED) is 0.925. The molecule has 0 spiro atoms. The van der Waals surface area contributed by atoms with E-state index in [0.717, 1.165) is 18.5 Å². The third kappa shape index (κ3) is 3.09. The molecule has 0 atom stereocenters. The molecule has 3 nitrogen and oxygen atoms in total. The Labute approximate surface area is 117 Å². The Kier molecular flexibility index (Phi) is 3.37. The second-order valence-electron chi connectivity index (χ2n) is 4.77. The monoisotopic (exact) mass is 299 g/mol. The maximum Gasteiger partial charge on any atom is 0.425 e. The number of aromatic nitrogens is 2. The van der Waals surface area contributed by atoms with Gasteiger partial charge in [-0.3, -0.25) is 0 Å². The van der Waals surface area contributed by atoms with Gasteiger partial charge < -0.3 is 5.32 Å². The summed E-state index contributed by atoms with van der Waals surface area (Å²) >= 11 is 0.712. The zero-order chi connectivity index (χ0) is 14.2. The number of nitrogens with one attached hydrogen (secondary N) is 1. The molecule has 0 aromatic carbocycles. The van der Waals surface area contributed by atoms with Gasteiger partial charge in [-0.15, -0.1) is 11.3 Å². The molecule has 0 bridgehead atoms. The summed E-state index contributed by atoms with van der Waals surface area (Å²) in [6.07, 6.45) is -0.479. The van der Waals surface area contributed by atoms with Crippen molar-refractivity contribution in [1.29, 1.82) is 0 Å². The number of rotatable bonds is 4. The first-order valence-corrected chi connectivity index (χ1v) is 7.11. The smallest absolute Gasteiger partial charge is 0.366 e. The van der Waals surface area contributed by atoms with Crippen molar-refractivity contribution in [1.82, 2.24) is 9.97 Å². The number of halogens is 3. The summed E-state index contributed by atoms with van der Waals surface area (Å²) in [7, 11) is 0. The first kappa shape index (κ1) is 13.4. The molecular formula is C13H12F3N3S. The zero-order valence-electron chi connectivity index (χ0n) is 10.4. The standard InChI is InChI=1S/C13H12F3N3S/c14-13(15,16)11-3-8(6-20-11)5-17-12-4-10(9-1-2-9)18-7-19-12/h3-4,6-7,9H,1-2,5H2,(H,17,18,19). The molecule has 2 aromatic heterocycles. The van der Waals surface area contributed by atoms with Crippen LogP contribution in [0.5, 0.6) is 0 Å². The van der Waals surface area contributed by atoms with E-state index in [4.69, 9.17) is 0 Å². The van der Waals surface area contributed by atoms with E-state index in [-0.39, 0.29) is 0 Å². The van der Waals surface area contributed by atoms with Crippen molar-refractivity contribution in [3.63, 3.8) is 0 Å². The highest BCUT2D eigenvalue weighted by Crippen LogP contribution is 2.39. The summed E-state index contributed by atoms with van der Waals surface area (Å²) in [6.45, 7) is 0.327. The van der Waals surface area contributed by atoms with Crippen LogP contribution in [0.15, 0.2) is 23.8 Å². The van der Waals surface area contributed by atoms with Crippen LogP contribution in [-0.4, -0.2) is 9.97 Å². The van der Waals surface area contributed by atoms with E-state index in [2.05, 4.69) is 15.3 Å². The molecule has 0 aliphatic heterocycles. The molecule has 3 rings (SSSR count). The lowest BCUT2D eigenvalue weighted by Gasteiger charge is -2.05. The number of alkyl halides is 3. The Morgan fingerprint density at radius 1 is 1.25 bits per heavy atom. The van der Waals surface area contributed by atoms with E-state index in [1.807, 2.05) is 6.07 Å². The number of hydrogen-bond donors (Lipinski definition) is 1. The largest absolute Gasteiger partial charge is 0.425 e. The zero-order valence-corrected chi connectivity index (χ0v) is 11.3. The fourth-order valence-corrected chi connectivity index (χ4v) is 2.66. The molecule has 2 heterocycles. The van der Waals surface area contributed by atoms with Crippen molar-refractivity contribution in [2.45, 2.75) is 31.5 Å². The van der Waals surface area contributed by atoms with Crippen LogP contribution in [0.2, 0.25) is 0 Å². The fourth-order valence-electron chi connectivity index (χ4n) is 1.88. The van der Waals surface area contributed by atoms with Gasteiger partial charge in [-0.25, -0.2) is 9.97 Å². The van der Waals surface area contributed by atoms with Crippen molar-refractivity contribution in [2.75, 3.05) is 5.32 Å². The summed E-state index contributed by atoms with van der Waals surface area (Å²) < 4.78 is 37.4. The van der Waals surface area contributed by atoms with Crippen molar-refractivity contribution in [2.24, 2.45) is 0 Å². The molecule has 1 saturated carbocycles. The van der Waals surface area contributed by atoms with Crippen LogP contribution < -0.4 is 5.32 Å². The van der Waals surface area contributed by atoms with Crippen LogP contribution >= 0.6 is 11.3 Å². The summed E-state index contributed by atoms with van der Waals surface area (Å²) in [5, 5.41) is 4.55. The molecular weight excluding hydrogens is 287 g/mol. The molecule has 1 aliphatic rings. The van der Waals surface area contributed by atoms with Gasteiger partial charge >= 0.3 is 6.18 Å². The van der Waals surface area contributed by atoms with E-state index >= 15 is 0 Å². The molecule has 2 aromatic rings. The van der Waals surface area contributed by atoms with Crippen molar-refractivity contribution < 1.29 is 13.2 Å². The molecule has 1 N–H and O–H groups in total. The molecule has 1 aliphatic carbocycles. The van der Waals surface area contributed by atoms with Gasteiger partial charge in [0, 0.05) is 24.2 Å². The molecule has 0 radical (unpaired) electrons. The van der Waals surface area contributed by atoms with Crippen molar-refractivity contribution >= 4 is 17.2 Å². The summed E-state index contributed by atoms with van der Waals surface area (Å²) in [6, 6.07) is 3.04. The SMILES string of the molecule is FC(F)(F)c1cc(CNc2cc(C3CC3)ncn2)cs1. The highest BCUT2D eigenvalue weighted by molar-refractivity contribution is 7.10. The molecule has 20 heavy (non-hydrogen) atoms. The van der Waals surface area contributed by atoms with Crippen LogP contribution in [0.1, 0.15) is 34.9 Å². The first-order valence-electron chi connectivity index (χ1n) is 6.23. The first-order chi connectivity index (χ1) is 9.52. The normalized spacial score (nSPS) is 15.3. The summed E-state index contributed by atoms with van der Waals surface area (Å²) in [4.78, 5) is 7.70. The lowest BCUT2D eigenvalue weighted by molar-refractivity contribution is -0.134. The molecule has 0 amide bonds. The topological polar surface area (TPSA) is 37.8 Å². The number of nitrogens with zero attached hydrogens (tertiary/aromatic N) is 2. The van der Waals surface area contributed by atoms with Crippen LogP contribution in [0.4, 0.5) is 19.0 Å². The van der Waals surface area contributed by atoms with Gasteiger partial charge in [-0.2, -0.15) is 13.2 Å². The van der Waals surface area contributed by atoms with Crippen LogP contribution in [0.3, 0.4) is 0 Å². The average Bonchev–Trinajstić information content (AvgIpc) is 3.14. The second-order valence-corrected chi connectivity index (χ2v) is 5.68. The van der Waals surface area contributed by atoms with E-state index in [9.17, 15) is 13.2 Å². The molecule has 0 saturated heterocycles. The van der Waals surface area contributed by atoms with E-state index in [0.29, 0.717) is 35.2 Å². The minimum atomic E-state index is -4.27. The Hall–Kier alpha value is -1.63. The lowest BCUT2D eigenvalue weighted by Crippen LogP contribution is -2.03. The summed E-state index contributed by atoms with van der Waals surface area (Å²) in [5.74, 6) is 1.18. The maximum absolute atomic E-state index is 12.5. The minimum Gasteiger partial charge on any atom is -0.366 e. The van der Waals surface area contributed by atoms with Gasteiger partial charge in [-0.1, -0.05) is 0 Å². The Morgan fingerprint density at radius 3 is 2.70 bits per heavy atom. The predicted octanol–water partition coefficient (Wildman–Crippen LogP) is 4.05. The Balaban J connectivity index is 1.64. The Bertz CT molecular complexity index is 605. The molecule has 7 heteroatoms. The van der Waals surface area contributed by atoms with Gasteiger partial charge in [0.15, 0.2) is 0 Å². The average molecular weight is 299 g/mol. The Morgan fingerprint density at radius 2 is 2.05 bits per heavy atom. The van der Waals surface area contributed by atoms with E-state index in [1.54, 1.807) is 0 Å². The highest BCUT2D eigenvalue weighted by atomic mass is 32.1. The lowest BCUT2D eigenvalue weighted by atomic mass is 10.2. The maximum atomic E-state index is 12.5. The number of hydrogen-bond acceptors (Lipinski definition) is 4. The summed E-state index contributed by atoms with van der Waals surface area (Å²) in [5.41, 5.74) is 1.61. The predicted molar refractivity (Wildman–Crippen MR) is 70.7 cm³/mol. The van der Waals surface area contributed by atoms with Gasteiger partial charge in [0.05, 0.1) is 0 Å². The second kappa shape index (κ2) is 5.05. The molecule has 1 fully saturated rings. The third-order valence-corrected chi connectivity index (χ3v) is 4.11. The van der Waals surface area contributed by atoms with Crippen LogP contribution in [-0.2, 0) is 12.7 Å². The molecule has 106 valence electrons. The van der Waals surface area contributed by atoms with Crippen LogP contribution in [0.25, 0.3) is 0 Å². The fraction of sp³-hybridized carbons (Fsp3) is 0.385. The minimum absolute atomic E-state index is 0.327. The van der Waals surface area contributed by atoms with E-state index < -0.39 is 11.1 Å². The van der Waals surface area contributed by atoms with Gasteiger partial charge in [0.1, 0.15) is 17.0 Å². The number of anilines is 1. The van der Waals surface area contributed by atoms with E-state index in [1.165, 1.54) is 17.8 Å². The van der Waals surface area contributed by atoms with Gasteiger partial charge in [-0.05, 0) is 29.9 Å². The highest BCUT2D eigenvalue weighted by Gasteiger charge is 2.32. The molecule has 0 unspecified atom stereocenters. The van der Waals surface area contributed by atoms with Crippen molar-refractivity contribution in [3.8, 4) is 0 Å².